The molecule has 1 atom stereocenters. The van der Waals surface area contributed by atoms with Crippen LogP contribution in [0.3, 0.4) is 0 Å². The number of pyridine rings is 1. The number of nitrogens with two attached hydrogens (primary N) is 1. The normalized spacial score (nSPS) is 12.1. The molecule has 0 aliphatic heterocycles. The van der Waals surface area contributed by atoms with Crippen LogP contribution in [0.4, 0.5) is 0 Å². The van der Waals surface area contributed by atoms with E-state index in [0.717, 1.165) is 28.3 Å². The number of aromatic nitrogens is 2. The Morgan fingerprint density at radius 1 is 1.24 bits per heavy atom. The van der Waals surface area contributed by atoms with E-state index in [0.29, 0.717) is 13.0 Å². The van der Waals surface area contributed by atoms with Gasteiger partial charge in [0.2, 0.25) is 0 Å². The lowest BCUT2D eigenvalue weighted by Crippen LogP contribution is -2.34. The zero-order chi connectivity index (χ0) is 17.8. The molecule has 0 radical (unpaired) electrons. The summed E-state index contributed by atoms with van der Waals surface area (Å²) >= 11 is 0. The highest BCUT2D eigenvalue weighted by molar-refractivity contribution is 5.77. The van der Waals surface area contributed by atoms with Crippen LogP contribution in [0.5, 0.6) is 5.75 Å². The quantitative estimate of drug-likeness (QED) is 0.698. The van der Waals surface area contributed by atoms with Crippen molar-refractivity contribution in [1.82, 2.24) is 9.38 Å². The Morgan fingerprint density at radius 2 is 2.00 bits per heavy atom. The molecule has 3 rings (SSSR count). The number of nitrogens with zero attached hydrogens (tertiary/aromatic N) is 2. The van der Waals surface area contributed by atoms with Crippen molar-refractivity contribution in [3.05, 3.63) is 54.4 Å². The molecule has 0 aliphatic carbocycles. The maximum absolute atomic E-state index is 11.9. The maximum atomic E-state index is 11.9. The molecule has 0 aliphatic rings. The monoisotopic (exact) mass is 339 g/mol. The van der Waals surface area contributed by atoms with Crippen molar-refractivity contribution < 1.29 is 14.3 Å². The van der Waals surface area contributed by atoms with E-state index in [1.54, 1.807) is 14.0 Å². The third-order valence-corrected chi connectivity index (χ3v) is 3.99. The molecular weight excluding hydrogens is 318 g/mol. The Labute approximate surface area is 146 Å². The van der Waals surface area contributed by atoms with E-state index in [4.69, 9.17) is 20.2 Å². The van der Waals surface area contributed by atoms with Gasteiger partial charge in [-0.1, -0.05) is 6.07 Å². The lowest BCUT2D eigenvalue weighted by atomic mass is 10.1. The number of carbonyl (C=O) groups is 1. The Bertz CT molecular complexity index is 871. The summed E-state index contributed by atoms with van der Waals surface area (Å²) in [5.74, 6) is 0.367. The van der Waals surface area contributed by atoms with Gasteiger partial charge in [-0.15, -0.1) is 0 Å². The van der Waals surface area contributed by atoms with Crippen LogP contribution in [0.2, 0.25) is 0 Å². The van der Waals surface area contributed by atoms with Crippen LogP contribution in [0, 0.1) is 0 Å². The van der Waals surface area contributed by atoms with Crippen molar-refractivity contribution in [2.75, 3.05) is 13.7 Å². The average molecular weight is 339 g/mol. The second-order valence-corrected chi connectivity index (χ2v) is 5.63. The molecule has 0 bridgehead atoms. The molecular formula is C19H21N3O3. The van der Waals surface area contributed by atoms with Gasteiger partial charge in [-0.05, 0) is 43.3 Å². The second-order valence-electron chi connectivity index (χ2n) is 5.63. The van der Waals surface area contributed by atoms with Gasteiger partial charge in [-0.3, -0.25) is 4.79 Å². The van der Waals surface area contributed by atoms with Gasteiger partial charge in [0.05, 0.1) is 25.1 Å². The Kier molecular flexibility index (Phi) is 5.00. The minimum absolute atomic E-state index is 0.311. The highest BCUT2D eigenvalue weighted by Gasteiger charge is 2.21. The van der Waals surface area contributed by atoms with Crippen molar-refractivity contribution in [3.8, 4) is 17.0 Å². The van der Waals surface area contributed by atoms with Gasteiger partial charge in [0, 0.05) is 18.2 Å². The molecule has 2 N–H and O–H groups in total. The third-order valence-electron chi connectivity index (χ3n) is 3.99. The van der Waals surface area contributed by atoms with Crippen LogP contribution in [0.15, 0.2) is 48.7 Å². The molecule has 1 unspecified atom stereocenters. The van der Waals surface area contributed by atoms with Gasteiger partial charge in [0.25, 0.3) is 0 Å². The van der Waals surface area contributed by atoms with E-state index in [2.05, 4.69) is 0 Å². The van der Waals surface area contributed by atoms with Crippen LogP contribution < -0.4 is 10.5 Å². The number of fused-ring (bicyclic) bond motifs is 1. The largest absolute Gasteiger partial charge is 0.497 e. The lowest BCUT2D eigenvalue weighted by molar-refractivity contribution is -0.144. The zero-order valence-electron chi connectivity index (χ0n) is 14.3. The fourth-order valence-electron chi connectivity index (χ4n) is 2.76. The van der Waals surface area contributed by atoms with Crippen molar-refractivity contribution in [2.45, 2.75) is 19.4 Å². The van der Waals surface area contributed by atoms with Crippen LogP contribution in [-0.4, -0.2) is 35.1 Å². The molecule has 0 amide bonds. The van der Waals surface area contributed by atoms with Crippen molar-refractivity contribution in [3.63, 3.8) is 0 Å². The molecule has 0 saturated carbocycles. The predicted molar refractivity (Wildman–Crippen MR) is 95.5 cm³/mol. The molecule has 6 heteroatoms. The maximum Gasteiger partial charge on any atom is 0.323 e. The van der Waals surface area contributed by atoms with E-state index in [-0.39, 0.29) is 0 Å². The zero-order valence-corrected chi connectivity index (χ0v) is 14.3. The highest BCUT2D eigenvalue weighted by atomic mass is 16.5. The van der Waals surface area contributed by atoms with E-state index in [1.807, 2.05) is 53.1 Å². The van der Waals surface area contributed by atoms with Crippen molar-refractivity contribution in [1.29, 1.82) is 0 Å². The first kappa shape index (κ1) is 17.0. The first-order valence-electron chi connectivity index (χ1n) is 8.16. The molecule has 25 heavy (non-hydrogen) atoms. The van der Waals surface area contributed by atoms with Crippen molar-refractivity contribution in [2.24, 2.45) is 5.73 Å². The van der Waals surface area contributed by atoms with Gasteiger partial charge in [-0.2, -0.15) is 0 Å². The predicted octanol–water partition coefficient (Wildman–Crippen LogP) is 2.44. The van der Waals surface area contributed by atoms with Crippen LogP contribution in [0.25, 0.3) is 16.9 Å². The number of hydrogen-bond acceptors (Lipinski definition) is 5. The minimum Gasteiger partial charge on any atom is -0.497 e. The smallest absolute Gasteiger partial charge is 0.323 e. The summed E-state index contributed by atoms with van der Waals surface area (Å²) in [5.41, 5.74) is 9.46. The molecule has 0 fully saturated rings. The highest BCUT2D eigenvalue weighted by Crippen LogP contribution is 2.27. The summed E-state index contributed by atoms with van der Waals surface area (Å²) in [5, 5.41) is 0. The molecule has 130 valence electrons. The number of ether oxygens (including phenoxy) is 2. The van der Waals surface area contributed by atoms with E-state index >= 15 is 0 Å². The summed E-state index contributed by atoms with van der Waals surface area (Å²) in [4.78, 5) is 16.7. The molecule has 0 saturated heterocycles. The standard InChI is InChI=1S/C19H21N3O3/c1-3-25-19(23)15(20)12-16-18(13-7-9-14(24-2)10-8-13)21-17-6-4-5-11-22(16)17/h4-11,15H,3,12,20H2,1-2H3. The van der Waals surface area contributed by atoms with Gasteiger partial charge < -0.3 is 19.6 Å². The number of hydrogen-bond donors (Lipinski definition) is 1. The first-order chi connectivity index (χ1) is 12.1. The van der Waals surface area contributed by atoms with Gasteiger partial charge in [0.1, 0.15) is 17.4 Å². The number of carbonyl (C=O) groups excluding carboxylic acids is 1. The van der Waals surface area contributed by atoms with Crippen molar-refractivity contribution >= 4 is 11.6 Å². The van der Waals surface area contributed by atoms with E-state index < -0.39 is 12.0 Å². The SMILES string of the molecule is CCOC(=O)C(N)Cc1c(-c2ccc(OC)cc2)nc2ccccn12. The second kappa shape index (κ2) is 7.36. The summed E-state index contributed by atoms with van der Waals surface area (Å²) in [6, 6.07) is 12.7. The van der Waals surface area contributed by atoms with Gasteiger partial charge in [-0.25, -0.2) is 4.98 Å². The first-order valence-corrected chi connectivity index (χ1v) is 8.16. The minimum atomic E-state index is -0.739. The summed E-state index contributed by atoms with van der Waals surface area (Å²) in [7, 11) is 1.63. The molecule has 1 aromatic carbocycles. The average Bonchev–Trinajstić information content (AvgIpc) is 3.00. The molecule has 0 spiro atoms. The Morgan fingerprint density at radius 3 is 2.68 bits per heavy atom. The number of imidazole rings is 1. The number of benzene rings is 1. The topological polar surface area (TPSA) is 78.8 Å². The number of methoxy groups -OCH3 is 1. The Balaban J connectivity index is 2.03. The molecule has 3 aromatic rings. The van der Waals surface area contributed by atoms with Gasteiger partial charge >= 0.3 is 5.97 Å². The summed E-state index contributed by atoms with van der Waals surface area (Å²) in [6.45, 7) is 2.08. The van der Waals surface area contributed by atoms with Crippen LogP contribution in [-0.2, 0) is 16.0 Å². The van der Waals surface area contributed by atoms with Crippen LogP contribution >= 0.6 is 0 Å². The fourth-order valence-corrected chi connectivity index (χ4v) is 2.76. The number of rotatable bonds is 6. The molecule has 2 aromatic heterocycles. The lowest BCUT2D eigenvalue weighted by Gasteiger charge is -2.12. The van der Waals surface area contributed by atoms with Crippen LogP contribution in [0.1, 0.15) is 12.6 Å². The van der Waals surface area contributed by atoms with Gasteiger partial charge in [0.15, 0.2) is 0 Å². The number of esters is 1. The molecule has 6 nitrogen and oxygen atoms in total. The molecule has 2 heterocycles. The van der Waals surface area contributed by atoms with E-state index in [9.17, 15) is 4.79 Å². The summed E-state index contributed by atoms with van der Waals surface area (Å²) < 4.78 is 12.2. The fraction of sp³-hybridized carbons (Fsp3) is 0.263. The summed E-state index contributed by atoms with van der Waals surface area (Å²) in [6.07, 6.45) is 2.26. The Hall–Kier alpha value is -2.86. The third kappa shape index (κ3) is 3.49. The van der Waals surface area contributed by atoms with E-state index in [1.165, 1.54) is 0 Å².